The van der Waals surface area contributed by atoms with Crippen LogP contribution < -0.4 is 0 Å². The van der Waals surface area contributed by atoms with E-state index in [1.807, 2.05) is 0 Å². The SMILES string of the molecule is COC(=O)C(C)CCc1cn(COC(=O)C(C)(C)C)nn1. The molecule has 1 rings (SSSR count). The highest BCUT2D eigenvalue weighted by Crippen LogP contribution is 2.15. The first-order valence-electron chi connectivity index (χ1n) is 6.88. The van der Waals surface area contributed by atoms with E-state index in [0.29, 0.717) is 12.8 Å². The van der Waals surface area contributed by atoms with Gasteiger partial charge in [0.2, 0.25) is 0 Å². The number of esters is 2. The molecule has 0 aliphatic heterocycles. The van der Waals surface area contributed by atoms with Gasteiger partial charge in [-0.25, -0.2) is 4.68 Å². The third-order valence-corrected chi connectivity index (χ3v) is 2.96. The maximum atomic E-state index is 11.6. The topological polar surface area (TPSA) is 83.3 Å². The van der Waals surface area contributed by atoms with Gasteiger partial charge in [-0.3, -0.25) is 9.59 Å². The largest absolute Gasteiger partial charge is 0.469 e. The monoisotopic (exact) mass is 297 g/mol. The van der Waals surface area contributed by atoms with Crippen LogP contribution in [0, 0.1) is 11.3 Å². The third kappa shape index (κ3) is 5.53. The van der Waals surface area contributed by atoms with Gasteiger partial charge in [0.1, 0.15) is 0 Å². The molecular weight excluding hydrogens is 274 g/mol. The first kappa shape index (κ1) is 17.1. The minimum atomic E-state index is -0.542. The van der Waals surface area contributed by atoms with Crippen molar-refractivity contribution in [2.45, 2.75) is 47.3 Å². The normalized spacial score (nSPS) is 12.8. The number of carbonyl (C=O) groups is 2. The van der Waals surface area contributed by atoms with Gasteiger partial charge in [0, 0.05) is 0 Å². The van der Waals surface area contributed by atoms with Crippen molar-refractivity contribution in [1.82, 2.24) is 15.0 Å². The van der Waals surface area contributed by atoms with Gasteiger partial charge in [-0.15, -0.1) is 5.10 Å². The minimum absolute atomic E-state index is 0.0374. The van der Waals surface area contributed by atoms with Gasteiger partial charge < -0.3 is 9.47 Å². The van der Waals surface area contributed by atoms with Gasteiger partial charge in [-0.1, -0.05) is 12.1 Å². The molecule has 1 aromatic rings. The van der Waals surface area contributed by atoms with Crippen molar-refractivity contribution in [3.8, 4) is 0 Å². The second-order valence-corrected chi connectivity index (χ2v) is 6.02. The van der Waals surface area contributed by atoms with Crippen LogP contribution in [0.2, 0.25) is 0 Å². The van der Waals surface area contributed by atoms with E-state index in [1.54, 1.807) is 33.9 Å². The Bertz CT molecular complexity index is 491. The Morgan fingerprint density at radius 3 is 2.62 bits per heavy atom. The van der Waals surface area contributed by atoms with Gasteiger partial charge in [0.25, 0.3) is 0 Å². The zero-order valence-electron chi connectivity index (χ0n) is 13.3. The van der Waals surface area contributed by atoms with E-state index < -0.39 is 5.41 Å². The molecule has 7 heteroatoms. The standard InChI is InChI=1S/C14H23N3O4/c1-10(12(18)20-5)6-7-11-8-17(16-15-11)9-21-13(19)14(2,3)4/h8,10H,6-7,9H2,1-5H3. The molecule has 0 aliphatic carbocycles. The van der Waals surface area contributed by atoms with Gasteiger partial charge in [0.15, 0.2) is 6.73 Å². The molecule has 7 nitrogen and oxygen atoms in total. The summed E-state index contributed by atoms with van der Waals surface area (Å²) < 4.78 is 11.3. The summed E-state index contributed by atoms with van der Waals surface area (Å²) in [6.45, 7) is 7.21. The van der Waals surface area contributed by atoms with Gasteiger partial charge in [0.05, 0.1) is 30.3 Å². The van der Waals surface area contributed by atoms with Crippen molar-refractivity contribution in [3.63, 3.8) is 0 Å². The van der Waals surface area contributed by atoms with Crippen molar-refractivity contribution < 1.29 is 19.1 Å². The molecule has 0 bridgehead atoms. The number of aryl methyl sites for hydroxylation is 1. The quantitative estimate of drug-likeness (QED) is 0.741. The van der Waals surface area contributed by atoms with Gasteiger partial charge in [-0.2, -0.15) is 0 Å². The fraction of sp³-hybridized carbons (Fsp3) is 0.714. The predicted molar refractivity (Wildman–Crippen MR) is 75.1 cm³/mol. The maximum Gasteiger partial charge on any atom is 0.313 e. The molecule has 0 radical (unpaired) electrons. The van der Waals surface area contributed by atoms with E-state index in [9.17, 15) is 9.59 Å². The van der Waals surface area contributed by atoms with Crippen molar-refractivity contribution in [2.75, 3.05) is 7.11 Å². The second kappa shape index (κ2) is 7.19. The van der Waals surface area contributed by atoms with Crippen molar-refractivity contribution in [1.29, 1.82) is 0 Å². The number of hydrogen-bond donors (Lipinski definition) is 0. The van der Waals surface area contributed by atoms with Crippen LogP contribution >= 0.6 is 0 Å². The smallest absolute Gasteiger partial charge is 0.313 e. The van der Waals surface area contributed by atoms with E-state index in [1.165, 1.54) is 11.8 Å². The summed E-state index contributed by atoms with van der Waals surface area (Å²) in [4.78, 5) is 22.9. The molecule has 21 heavy (non-hydrogen) atoms. The minimum Gasteiger partial charge on any atom is -0.469 e. The Hall–Kier alpha value is -1.92. The second-order valence-electron chi connectivity index (χ2n) is 6.02. The van der Waals surface area contributed by atoms with Crippen molar-refractivity contribution >= 4 is 11.9 Å². The lowest BCUT2D eigenvalue weighted by Gasteiger charge is -2.15. The highest BCUT2D eigenvalue weighted by Gasteiger charge is 2.23. The summed E-state index contributed by atoms with van der Waals surface area (Å²) in [6.07, 6.45) is 2.95. The maximum absolute atomic E-state index is 11.6. The van der Waals surface area contributed by atoms with Gasteiger partial charge >= 0.3 is 11.9 Å². The number of methoxy groups -OCH3 is 1. The lowest BCUT2D eigenvalue weighted by atomic mass is 9.98. The Morgan fingerprint density at radius 2 is 2.05 bits per heavy atom. The Labute approximate surface area is 124 Å². The molecule has 1 atom stereocenters. The average molecular weight is 297 g/mol. The van der Waals surface area contributed by atoms with E-state index >= 15 is 0 Å². The van der Waals surface area contributed by atoms with Crippen LogP contribution in [0.3, 0.4) is 0 Å². The van der Waals surface area contributed by atoms with E-state index in [2.05, 4.69) is 15.0 Å². The number of hydrogen-bond acceptors (Lipinski definition) is 6. The van der Waals surface area contributed by atoms with Crippen molar-refractivity contribution in [2.24, 2.45) is 11.3 Å². The molecule has 1 heterocycles. The average Bonchev–Trinajstić information content (AvgIpc) is 2.87. The molecule has 0 N–H and O–H groups in total. The summed E-state index contributed by atoms with van der Waals surface area (Å²) >= 11 is 0. The molecule has 0 aromatic carbocycles. The van der Waals surface area contributed by atoms with Crippen molar-refractivity contribution in [3.05, 3.63) is 11.9 Å². The summed E-state index contributed by atoms with van der Waals surface area (Å²) in [6, 6.07) is 0. The highest BCUT2D eigenvalue weighted by atomic mass is 16.5. The fourth-order valence-electron chi connectivity index (χ4n) is 1.54. The van der Waals surface area contributed by atoms with Crippen LogP contribution in [-0.2, 0) is 32.2 Å². The number of rotatable bonds is 6. The zero-order valence-corrected chi connectivity index (χ0v) is 13.3. The molecule has 0 saturated heterocycles. The van der Waals surface area contributed by atoms with Crippen LogP contribution in [0.25, 0.3) is 0 Å². The molecule has 0 saturated carbocycles. The number of carbonyl (C=O) groups excluding carboxylic acids is 2. The first-order chi connectivity index (χ1) is 9.74. The number of ether oxygens (including phenoxy) is 2. The molecular formula is C14H23N3O4. The fourth-order valence-corrected chi connectivity index (χ4v) is 1.54. The van der Waals surface area contributed by atoms with E-state index in [0.717, 1.165) is 5.69 Å². The van der Waals surface area contributed by atoms with Crippen LogP contribution in [0.1, 0.15) is 39.8 Å². The molecule has 1 unspecified atom stereocenters. The third-order valence-electron chi connectivity index (χ3n) is 2.96. The molecule has 0 amide bonds. The van der Waals surface area contributed by atoms with Gasteiger partial charge in [-0.05, 0) is 33.6 Å². The van der Waals surface area contributed by atoms with Crippen LogP contribution in [0.4, 0.5) is 0 Å². The molecule has 0 spiro atoms. The highest BCUT2D eigenvalue weighted by molar-refractivity contribution is 5.75. The Balaban J connectivity index is 2.43. The Kier molecular flexibility index (Phi) is 5.87. The summed E-state index contributed by atoms with van der Waals surface area (Å²) in [5.41, 5.74) is 0.205. The molecule has 0 fully saturated rings. The molecule has 0 aliphatic rings. The number of nitrogens with zero attached hydrogens (tertiary/aromatic N) is 3. The molecule has 1 aromatic heterocycles. The summed E-state index contributed by atoms with van der Waals surface area (Å²) in [7, 11) is 1.37. The summed E-state index contributed by atoms with van der Waals surface area (Å²) in [5.74, 6) is -0.709. The number of aromatic nitrogens is 3. The Morgan fingerprint density at radius 1 is 1.38 bits per heavy atom. The zero-order chi connectivity index (χ0) is 16.0. The predicted octanol–water partition coefficient (Wildman–Crippen LogP) is 1.57. The van der Waals surface area contributed by atoms with Crippen LogP contribution in [0.5, 0.6) is 0 Å². The van der Waals surface area contributed by atoms with Crippen LogP contribution in [0.15, 0.2) is 6.20 Å². The van der Waals surface area contributed by atoms with E-state index in [-0.39, 0.29) is 24.6 Å². The lowest BCUT2D eigenvalue weighted by molar-refractivity contribution is -0.157. The summed E-state index contributed by atoms with van der Waals surface area (Å²) in [5, 5.41) is 7.87. The van der Waals surface area contributed by atoms with E-state index in [4.69, 9.17) is 4.74 Å². The van der Waals surface area contributed by atoms with Crippen LogP contribution in [-0.4, -0.2) is 34.0 Å². The lowest BCUT2D eigenvalue weighted by Crippen LogP contribution is -2.24. The molecule has 118 valence electrons. The first-order valence-corrected chi connectivity index (χ1v) is 6.88.